The average molecular weight is 380 g/mol. The van der Waals surface area contributed by atoms with Crippen molar-refractivity contribution < 1.29 is 9.59 Å². The molecule has 1 aliphatic heterocycles. The number of carbonyl (C=O) groups is 2. The second-order valence-electron chi connectivity index (χ2n) is 7.43. The molecule has 2 N–H and O–H groups in total. The molecule has 5 nitrogen and oxygen atoms in total. The summed E-state index contributed by atoms with van der Waals surface area (Å²) in [6.07, 6.45) is 2.03. The standard InChI is InChI=1S/C23H29N3O2/c1-18-8-11-20(12-9-18)22(24)23(28)26-15-5-14-25(16-17-26)21(27)13-10-19-6-3-2-4-7-19/h2-4,6-9,11-12,22H,5,10,13-17,24H2,1H3. The quantitative estimate of drug-likeness (QED) is 0.869. The molecule has 5 heteroatoms. The van der Waals surface area contributed by atoms with Crippen LogP contribution >= 0.6 is 0 Å². The van der Waals surface area contributed by atoms with Crippen molar-refractivity contribution in [3.8, 4) is 0 Å². The third-order valence-electron chi connectivity index (χ3n) is 5.33. The molecule has 2 amide bonds. The fourth-order valence-electron chi connectivity index (χ4n) is 3.55. The summed E-state index contributed by atoms with van der Waals surface area (Å²) in [7, 11) is 0. The van der Waals surface area contributed by atoms with Gasteiger partial charge in [-0.1, -0.05) is 60.2 Å². The van der Waals surface area contributed by atoms with E-state index in [1.807, 2.05) is 66.4 Å². The zero-order valence-corrected chi connectivity index (χ0v) is 16.5. The first kappa shape index (κ1) is 20.1. The first-order valence-electron chi connectivity index (χ1n) is 9.97. The van der Waals surface area contributed by atoms with Crippen molar-refractivity contribution in [3.63, 3.8) is 0 Å². The van der Waals surface area contributed by atoms with Crippen molar-refractivity contribution in [2.45, 2.75) is 32.2 Å². The van der Waals surface area contributed by atoms with Crippen molar-refractivity contribution in [2.75, 3.05) is 26.2 Å². The molecular weight excluding hydrogens is 350 g/mol. The number of hydrogen-bond donors (Lipinski definition) is 1. The van der Waals surface area contributed by atoms with Crippen LogP contribution in [0.1, 0.15) is 35.6 Å². The van der Waals surface area contributed by atoms with Gasteiger partial charge in [0.1, 0.15) is 6.04 Å². The zero-order valence-electron chi connectivity index (χ0n) is 16.5. The van der Waals surface area contributed by atoms with Gasteiger partial charge in [-0.15, -0.1) is 0 Å². The molecule has 1 aliphatic rings. The summed E-state index contributed by atoms with van der Waals surface area (Å²) >= 11 is 0. The van der Waals surface area contributed by atoms with Gasteiger partial charge in [-0.25, -0.2) is 0 Å². The van der Waals surface area contributed by atoms with E-state index in [4.69, 9.17) is 5.73 Å². The van der Waals surface area contributed by atoms with Gasteiger partial charge in [0.15, 0.2) is 0 Å². The van der Waals surface area contributed by atoms with E-state index in [2.05, 4.69) is 0 Å². The lowest BCUT2D eigenvalue weighted by molar-refractivity contribution is -0.134. The maximum absolute atomic E-state index is 12.8. The van der Waals surface area contributed by atoms with Crippen LogP contribution in [0.25, 0.3) is 0 Å². The van der Waals surface area contributed by atoms with Crippen LogP contribution in [0, 0.1) is 6.92 Å². The lowest BCUT2D eigenvalue weighted by atomic mass is 10.0. The Morgan fingerprint density at radius 2 is 1.57 bits per heavy atom. The van der Waals surface area contributed by atoms with E-state index in [-0.39, 0.29) is 11.8 Å². The van der Waals surface area contributed by atoms with E-state index in [9.17, 15) is 9.59 Å². The van der Waals surface area contributed by atoms with Crippen molar-refractivity contribution in [1.29, 1.82) is 0 Å². The second-order valence-corrected chi connectivity index (χ2v) is 7.43. The van der Waals surface area contributed by atoms with E-state index < -0.39 is 6.04 Å². The van der Waals surface area contributed by atoms with Gasteiger partial charge in [-0.2, -0.15) is 0 Å². The van der Waals surface area contributed by atoms with Crippen molar-refractivity contribution in [2.24, 2.45) is 5.73 Å². The summed E-state index contributed by atoms with van der Waals surface area (Å²) in [6, 6.07) is 17.2. The molecule has 148 valence electrons. The second kappa shape index (κ2) is 9.51. The van der Waals surface area contributed by atoms with Gasteiger partial charge in [0, 0.05) is 32.6 Å². The number of hydrogen-bond acceptors (Lipinski definition) is 3. The Labute approximate surface area is 167 Å². The van der Waals surface area contributed by atoms with Crippen LogP contribution in [0.4, 0.5) is 0 Å². The Balaban J connectivity index is 1.53. The summed E-state index contributed by atoms with van der Waals surface area (Å²) in [6.45, 7) is 4.45. The van der Waals surface area contributed by atoms with Crippen LogP contribution < -0.4 is 5.73 Å². The van der Waals surface area contributed by atoms with Crippen molar-refractivity contribution in [3.05, 3.63) is 71.3 Å². The molecule has 1 atom stereocenters. The van der Waals surface area contributed by atoms with Crippen LogP contribution in [-0.4, -0.2) is 47.8 Å². The molecule has 0 bridgehead atoms. The van der Waals surface area contributed by atoms with Crippen LogP contribution in [0.5, 0.6) is 0 Å². The molecule has 0 spiro atoms. The van der Waals surface area contributed by atoms with Gasteiger partial charge >= 0.3 is 0 Å². The fourth-order valence-corrected chi connectivity index (χ4v) is 3.55. The highest BCUT2D eigenvalue weighted by atomic mass is 16.2. The van der Waals surface area contributed by atoms with Gasteiger partial charge in [0.25, 0.3) is 0 Å². The number of rotatable bonds is 5. The Hall–Kier alpha value is -2.66. The average Bonchev–Trinajstić information content (AvgIpc) is 2.98. The van der Waals surface area contributed by atoms with E-state index in [1.165, 1.54) is 5.56 Å². The largest absolute Gasteiger partial charge is 0.341 e. The van der Waals surface area contributed by atoms with Crippen LogP contribution in [0.2, 0.25) is 0 Å². The highest BCUT2D eigenvalue weighted by molar-refractivity contribution is 5.83. The molecule has 0 saturated carbocycles. The maximum Gasteiger partial charge on any atom is 0.244 e. The third kappa shape index (κ3) is 5.20. The number of carbonyl (C=O) groups excluding carboxylic acids is 2. The van der Waals surface area contributed by atoms with Crippen molar-refractivity contribution in [1.82, 2.24) is 9.80 Å². The maximum atomic E-state index is 12.8. The zero-order chi connectivity index (χ0) is 19.9. The summed E-state index contributed by atoms with van der Waals surface area (Å²) in [5, 5.41) is 0. The normalized spacial score (nSPS) is 15.8. The minimum Gasteiger partial charge on any atom is -0.341 e. The fraction of sp³-hybridized carbons (Fsp3) is 0.391. The SMILES string of the molecule is Cc1ccc(C(N)C(=O)N2CCCN(C(=O)CCc3ccccc3)CC2)cc1. The Kier molecular flexibility index (Phi) is 6.82. The van der Waals surface area contributed by atoms with Crippen LogP contribution in [0.15, 0.2) is 54.6 Å². The number of aryl methyl sites for hydroxylation is 2. The lowest BCUT2D eigenvalue weighted by Gasteiger charge is -2.25. The molecule has 0 aromatic heterocycles. The minimum absolute atomic E-state index is 0.0672. The molecular formula is C23H29N3O2. The molecule has 1 heterocycles. The highest BCUT2D eigenvalue weighted by Crippen LogP contribution is 2.16. The molecule has 2 aromatic carbocycles. The third-order valence-corrected chi connectivity index (χ3v) is 5.33. The van der Waals surface area contributed by atoms with E-state index >= 15 is 0 Å². The van der Waals surface area contributed by atoms with Gasteiger partial charge in [-0.3, -0.25) is 9.59 Å². The van der Waals surface area contributed by atoms with Crippen molar-refractivity contribution >= 4 is 11.8 Å². The summed E-state index contributed by atoms with van der Waals surface area (Å²) in [5.41, 5.74) is 9.35. The number of benzene rings is 2. The van der Waals surface area contributed by atoms with Gasteiger partial charge in [-0.05, 0) is 30.9 Å². The smallest absolute Gasteiger partial charge is 0.244 e. The Morgan fingerprint density at radius 1 is 0.929 bits per heavy atom. The summed E-state index contributed by atoms with van der Waals surface area (Å²) in [4.78, 5) is 29.1. The number of amides is 2. The van der Waals surface area contributed by atoms with Gasteiger partial charge in [0.05, 0.1) is 0 Å². The predicted octanol–water partition coefficient (Wildman–Crippen LogP) is 2.69. The van der Waals surface area contributed by atoms with E-state index in [0.717, 1.165) is 24.0 Å². The minimum atomic E-state index is -0.652. The molecule has 1 saturated heterocycles. The molecule has 1 fully saturated rings. The molecule has 0 aliphatic carbocycles. The molecule has 28 heavy (non-hydrogen) atoms. The number of nitrogens with zero attached hydrogens (tertiary/aromatic N) is 2. The molecule has 2 aromatic rings. The topological polar surface area (TPSA) is 66.6 Å². The van der Waals surface area contributed by atoms with Crippen LogP contribution in [-0.2, 0) is 16.0 Å². The first-order valence-corrected chi connectivity index (χ1v) is 9.97. The van der Waals surface area contributed by atoms with Gasteiger partial charge < -0.3 is 15.5 Å². The van der Waals surface area contributed by atoms with Gasteiger partial charge in [0.2, 0.25) is 11.8 Å². The Bertz CT molecular complexity index is 789. The summed E-state index contributed by atoms with van der Waals surface area (Å²) in [5.74, 6) is 0.0865. The molecule has 3 rings (SSSR count). The summed E-state index contributed by atoms with van der Waals surface area (Å²) < 4.78 is 0. The lowest BCUT2D eigenvalue weighted by Crippen LogP contribution is -2.41. The first-order chi connectivity index (χ1) is 13.5. The highest BCUT2D eigenvalue weighted by Gasteiger charge is 2.26. The Morgan fingerprint density at radius 3 is 2.29 bits per heavy atom. The predicted molar refractivity (Wildman–Crippen MR) is 111 cm³/mol. The molecule has 1 unspecified atom stereocenters. The van der Waals surface area contributed by atoms with Crippen LogP contribution in [0.3, 0.4) is 0 Å². The number of nitrogens with two attached hydrogens (primary N) is 1. The van der Waals surface area contributed by atoms with E-state index in [1.54, 1.807) is 4.90 Å². The molecule has 0 radical (unpaired) electrons. The van der Waals surface area contributed by atoms with E-state index in [0.29, 0.717) is 32.6 Å². The monoisotopic (exact) mass is 379 g/mol.